The summed E-state index contributed by atoms with van der Waals surface area (Å²) in [6, 6.07) is 0. The van der Waals surface area contributed by atoms with Crippen LogP contribution < -0.4 is 0 Å². The Morgan fingerprint density at radius 1 is 1.40 bits per heavy atom. The third-order valence-electron chi connectivity index (χ3n) is 1.00. The lowest BCUT2D eigenvalue weighted by Crippen LogP contribution is -1.79. The standard InChI is InChI=1S/C4H3N6/c1-3(8-10-6-1)4-5-2-7-9-4/h2H,(H,5,7,9)(H,6,8,10). The van der Waals surface area contributed by atoms with Crippen LogP contribution in [0.15, 0.2) is 6.33 Å². The Labute approximate surface area is 55.7 Å². The van der Waals surface area contributed by atoms with Gasteiger partial charge in [-0.25, -0.2) is 4.98 Å². The van der Waals surface area contributed by atoms with Gasteiger partial charge in [0.15, 0.2) is 5.69 Å². The number of nitrogens with zero attached hydrogens (tertiary/aromatic N) is 4. The minimum Gasteiger partial charge on any atom is -0.265 e. The minimum atomic E-state index is 0.494. The maximum atomic E-state index is 3.84. The van der Waals surface area contributed by atoms with Gasteiger partial charge in [-0.1, -0.05) is 0 Å². The second-order valence-corrected chi connectivity index (χ2v) is 1.61. The number of aromatic nitrogens is 6. The van der Waals surface area contributed by atoms with Gasteiger partial charge in [-0.3, -0.25) is 5.10 Å². The molecule has 0 aromatic carbocycles. The summed E-state index contributed by atoms with van der Waals surface area (Å²) < 4.78 is 0. The largest absolute Gasteiger partial charge is 0.265 e. The quantitative estimate of drug-likeness (QED) is 0.546. The normalized spacial score (nSPS) is 10.0. The molecule has 0 bridgehead atoms. The number of hydrogen-bond donors (Lipinski definition) is 2. The summed E-state index contributed by atoms with van der Waals surface area (Å²) in [6.45, 7) is 0. The molecule has 2 heterocycles. The maximum Gasteiger partial charge on any atom is 0.203 e. The zero-order chi connectivity index (χ0) is 6.81. The highest BCUT2D eigenvalue weighted by Gasteiger charge is 2.02. The van der Waals surface area contributed by atoms with E-state index in [1.807, 2.05) is 0 Å². The zero-order valence-electron chi connectivity index (χ0n) is 4.87. The van der Waals surface area contributed by atoms with E-state index in [1.54, 1.807) is 0 Å². The molecule has 2 aromatic rings. The second-order valence-electron chi connectivity index (χ2n) is 1.61. The van der Waals surface area contributed by atoms with E-state index in [1.165, 1.54) is 6.33 Å². The lowest BCUT2D eigenvalue weighted by atomic mass is 10.5. The van der Waals surface area contributed by atoms with Gasteiger partial charge in [-0.05, 0) is 0 Å². The molecule has 2 rings (SSSR count). The van der Waals surface area contributed by atoms with Crippen molar-refractivity contribution in [2.24, 2.45) is 0 Å². The van der Waals surface area contributed by atoms with E-state index in [0.29, 0.717) is 11.5 Å². The first-order valence-electron chi connectivity index (χ1n) is 2.61. The van der Waals surface area contributed by atoms with Crippen molar-refractivity contribution in [3.05, 3.63) is 12.5 Å². The van der Waals surface area contributed by atoms with E-state index < -0.39 is 0 Å². The average molecular weight is 135 g/mol. The molecular weight excluding hydrogens is 132 g/mol. The average Bonchev–Trinajstić information content (AvgIpc) is 2.59. The first-order chi connectivity index (χ1) is 4.97. The Bertz CT molecular complexity index is 249. The summed E-state index contributed by atoms with van der Waals surface area (Å²) in [5, 5.41) is 15.9. The van der Waals surface area contributed by atoms with Crippen LogP contribution in [0.25, 0.3) is 11.5 Å². The fourth-order valence-corrected chi connectivity index (χ4v) is 0.601. The van der Waals surface area contributed by atoms with Gasteiger partial charge in [0.25, 0.3) is 0 Å². The minimum absolute atomic E-state index is 0.494. The summed E-state index contributed by atoms with van der Waals surface area (Å²) in [7, 11) is 0. The second kappa shape index (κ2) is 1.90. The van der Waals surface area contributed by atoms with Gasteiger partial charge in [-0.2, -0.15) is 20.5 Å². The highest BCUT2D eigenvalue weighted by Crippen LogP contribution is 2.03. The van der Waals surface area contributed by atoms with Gasteiger partial charge in [0.05, 0.1) is 0 Å². The van der Waals surface area contributed by atoms with Crippen molar-refractivity contribution >= 4 is 0 Å². The molecule has 10 heavy (non-hydrogen) atoms. The van der Waals surface area contributed by atoms with E-state index in [2.05, 4.69) is 36.8 Å². The monoisotopic (exact) mass is 135 g/mol. The lowest BCUT2D eigenvalue weighted by Gasteiger charge is -1.77. The molecule has 0 amide bonds. The van der Waals surface area contributed by atoms with Crippen LogP contribution in [0.4, 0.5) is 0 Å². The van der Waals surface area contributed by atoms with Crippen LogP contribution in [-0.4, -0.2) is 30.6 Å². The summed E-state index contributed by atoms with van der Waals surface area (Å²) in [6.07, 6.45) is 4.05. The summed E-state index contributed by atoms with van der Waals surface area (Å²) in [4.78, 5) is 3.84. The molecule has 0 saturated carbocycles. The molecule has 0 aliphatic carbocycles. The van der Waals surface area contributed by atoms with Gasteiger partial charge >= 0.3 is 0 Å². The molecule has 0 saturated heterocycles. The number of rotatable bonds is 1. The summed E-state index contributed by atoms with van der Waals surface area (Å²) in [5.74, 6) is 0.494. The van der Waals surface area contributed by atoms with E-state index in [-0.39, 0.29) is 0 Å². The van der Waals surface area contributed by atoms with Crippen molar-refractivity contribution in [1.82, 2.24) is 30.6 Å². The predicted molar refractivity (Wildman–Crippen MR) is 30.6 cm³/mol. The lowest BCUT2D eigenvalue weighted by molar-refractivity contribution is 0.936. The molecule has 0 aliphatic heterocycles. The highest BCUT2D eigenvalue weighted by molar-refractivity contribution is 5.43. The molecule has 0 aliphatic rings. The predicted octanol–water partition coefficient (Wildman–Crippen LogP) is -0.610. The maximum absolute atomic E-state index is 3.84. The summed E-state index contributed by atoms with van der Waals surface area (Å²) in [5.41, 5.74) is 0.515. The first-order valence-corrected chi connectivity index (χ1v) is 2.61. The van der Waals surface area contributed by atoms with Gasteiger partial charge in [0.2, 0.25) is 5.82 Å². The topological polar surface area (TPSA) is 83.1 Å². The molecule has 0 atom stereocenters. The van der Waals surface area contributed by atoms with Gasteiger partial charge in [-0.15, -0.1) is 0 Å². The molecule has 2 aromatic heterocycles. The van der Waals surface area contributed by atoms with E-state index in [9.17, 15) is 0 Å². The van der Waals surface area contributed by atoms with Crippen LogP contribution in [0.2, 0.25) is 0 Å². The van der Waals surface area contributed by atoms with Crippen molar-refractivity contribution in [3.63, 3.8) is 0 Å². The van der Waals surface area contributed by atoms with E-state index >= 15 is 0 Å². The molecule has 6 heteroatoms. The number of hydrogen-bond acceptors (Lipinski definition) is 4. The molecule has 0 spiro atoms. The van der Waals surface area contributed by atoms with Crippen molar-refractivity contribution in [2.75, 3.05) is 0 Å². The Morgan fingerprint density at radius 3 is 3.00 bits per heavy atom. The van der Waals surface area contributed by atoms with Crippen molar-refractivity contribution in [1.29, 1.82) is 0 Å². The van der Waals surface area contributed by atoms with Crippen molar-refractivity contribution in [2.45, 2.75) is 0 Å². The Balaban J connectivity index is 2.48. The zero-order valence-corrected chi connectivity index (χ0v) is 4.87. The fraction of sp³-hybridized carbons (Fsp3) is 0. The molecule has 6 nitrogen and oxygen atoms in total. The Morgan fingerprint density at radius 2 is 2.40 bits per heavy atom. The first kappa shape index (κ1) is 5.10. The van der Waals surface area contributed by atoms with Gasteiger partial charge < -0.3 is 0 Å². The molecular formula is C4H3N6. The third kappa shape index (κ3) is 0.661. The Kier molecular flexibility index (Phi) is 0.970. The smallest absolute Gasteiger partial charge is 0.203 e. The Hall–Kier alpha value is -1.72. The van der Waals surface area contributed by atoms with Crippen LogP contribution in [-0.2, 0) is 0 Å². The molecule has 0 fully saturated rings. The molecule has 49 valence electrons. The fourth-order valence-electron chi connectivity index (χ4n) is 0.601. The van der Waals surface area contributed by atoms with Crippen LogP contribution in [0, 0.1) is 6.20 Å². The molecule has 0 unspecified atom stereocenters. The summed E-state index contributed by atoms with van der Waals surface area (Å²) >= 11 is 0. The number of aromatic amines is 2. The van der Waals surface area contributed by atoms with Crippen molar-refractivity contribution < 1.29 is 0 Å². The van der Waals surface area contributed by atoms with Crippen LogP contribution >= 0.6 is 0 Å². The number of H-pyrrole nitrogens is 2. The molecule has 2 N–H and O–H groups in total. The van der Waals surface area contributed by atoms with Gasteiger partial charge in [0.1, 0.15) is 12.5 Å². The third-order valence-corrected chi connectivity index (χ3v) is 1.00. The number of nitrogens with one attached hydrogen (secondary N) is 2. The highest BCUT2D eigenvalue weighted by atomic mass is 15.3. The van der Waals surface area contributed by atoms with E-state index in [4.69, 9.17) is 0 Å². The molecule has 1 radical (unpaired) electrons. The van der Waals surface area contributed by atoms with Crippen LogP contribution in [0.5, 0.6) is 0 Å². The van der Waals surface area contributed by atoms with Crippen LogP contribution in [0.1, 0.15) is 0 Å². The van der Waals surface area contributed by atoms with Gasteiger partial charge in [0, 0.05) is 0 Å². The van der Waals surface area contributed by atoms with Crippen molar-refractivity contribution in [3.8, 4) is 11.5 Å². The SMILES string of the molecule is [c]1n[nH]nc1-c1nc[nH]n1. The van der Waals surface area contributed by atoms with Crippen LogP contribution in [0.3, 0.4) is 0 Å². The van der Waals surface area contributed by atoms with E-state index in [0.717, 1.165) is 0 Å².